The summed E-state index contributed by atoms with van der Waals surface area (Å²) in [5.41, 5.74) is 4.08. The maximum absolute atomic E-state index is 11.4. The molecule has 0 saturated heterocycles. The number of benzene rings is 3. The molecule has 4 rings (SSSR count). The van der Waals surface area contributed by atoms with Gasteiger partial charge >= 0.3 is 0 Å². The second-order valence-electron chi connectivity index (χ2n) is 6.63. The molecule has 0 aliphatic carbocycles. The molecule has 0 fully saturated rings. The monoisotopic (exact) mass is 327 g/mol. The van der Waals surface area contributed by atoms with E-state index in [0.29, 0.717) is 0 Å². The first-order chi connectivity index (χ1) is 12.1. The van der Waals surface area contributed by atoms with Crippen molar-refractivity contribution in [2.75, 3.05) is 0 Å². The maximum Gasteiger partial charge on any atom is 0.112 e. The van der Waals surface area contributed by atoms with Crippen LogP contribution in [0.1, 0.15) is 18.1 Å². The zero-order valence-electron chi connectivity index (χ0n) is 14.5. The van der Waals surface area contributed by atoms with Crippen molar-refractivity contribution in [3.63, 3.8) is 0 Å². The van der Waals surface area contributed by atoms with Crippen molar-refractivity contribution < 1.29 is 5.11 Å². The normalized spacial score (nSPS) is 13.7. The van der Waals surface area contributed by atoms with Crippen LogP contribution in [0.5, 0.6) is 0 Å². The fourth-order valence-corrected chi connectivity index (χ4v) is 3.60. The van der Waals surface area contributed by atoms with Crippen molar-refractivity contribution in [2.45, 2.75) is 12.5 Å². The number of nitrogens with zero attached hydrogens (tertiary/aromatic N) is 1. The molecule has 0 amide bonds. The smallest absolute Gasteiger partial charge is 0.112 e. The summed E-state index contributed by atoms with van der Waals surface area (Å²) in [6, 6.07) is 28.5. The van der Waals surface area contributed by atoms with Crippen LogP contribution in [0.3, 0.4) is 0 Å². The number of aliphatic hydroxyl groups is 1. The molecule has 3 aromatic carbocycles. The zero-order chi connectivity index (χ0) is 17.4. The van der Waals surface area contributed by atoms with Gasteiger partial charge in [-0.05, 0) is 30.2 Å². The van der Waals surface area contributed by atoms with Crippen molar-refractivity contribution in [3.8, 4) is 11.3 Å². The SMILES string of the molecule is Cn1c(-c2ccccc2C(C)(O)c2ccccc2)cc2ccccc21. The van der Waals surface area contributed by atoms with Crippen LogP contribution in [0.4, 0.5) is 0 Å². The van der Waals surface area contributed by atoms with Gasteiger partial charge in [-0.1, -0.05) is 72.8 Å². The summed E-state index contributed by atoms with van der Waals surface area (Å²) in [5.74, 6) is 0. The van der Waals surface area contributed by atoms with Gasteiger partial charge < -0.3 is 9.67 Å². The van der Waals surface area contributed by atoms with Crippen LogP contribution in [0.15, 0.2) is 84.9 Å². The van der Waals surface area contributed by atoms with E-state index < -0.39 is 5.60 Å². The van der Waals surface area contributed by atoms with Gasteiger partial charge in [0.15, 0.2) is 0 Å². The predicted molar refractivity (Wildman–Crippen MR) is 103 cm³/mol. The molecule has 124 valence electrons. The summed E-state index contributed by atoms with van der Waals surface area (Å²) in [4.78, 5) is 0. The van der Waals surface area contributed by atoms with Gasteiger partial charge in [0, 0.05) is 29.2 Å². The quantitative estimate of drug-likeness (QED) is 0.556. The van der Waals surface area contributed by atoms with E-state index >= 15 is 0 Å². The van der Waals surface area contributed by atoms with Gasteiger partial charge in [-0.25, -0.2) is 0 Å². The molecule has 1 atom stereocenters. The Morgan fingerprint density at radius 2 is 1.44 bits per heavy atom. The topological polar surface area (TPSA) is 25.2 Å². The van der Waals surface area contributed by atoms with Gasteiger partial charge in [-0.2, -0.15) is 0 Å². The lowest BCUT2D eigenvalue weighted by Crippen LogP contribution is -2.23. The molecule has 4 aromatic rings. The highest BCUT2D eigenvalue weighted by Gasteiger charge is 2.29. The first-order valence-corrected chi connectivity index (χ1v) is 8.51. The Kier molecular flexibility index (Phi) is 3.70. The molecule has 1 unspecified atom stereocenters. The first-order valence-electron chi connectivity index (χ1n) is 8.51. The Bertz CT molecular complexity index is 1030. The molecular formula is C23H21NO. The standard InChI is InChI=1S/C23H21NO/c1-23(25,18-11-4-3-5-12-18)20-14-8-7-13-19(20)22-16-17-10-6-9-15-21(17)24(22)2/h3-16,25H,1-2H3. The number of hydrogen-bond donors (Lipinski definition) is 1. The number of aromatic nitrogens is 1. The molecule has 0 aliphatic heterocycles. The summed E-state index contributed by atoms with van der Waals surface area (Å²) < 4.78 is 2.19. The molecule has 2 nitrogen and oxygen atoms in total. The van der Waals surface area contributed by atoms with Crippen molar-refractivity contribution >= 4 is 10.9 Å². The van der Waals surface area contributed by atoms with Crippen LogP contribution >= 0.6 is 0 Å². The van der Waals surface area contributed by atoms with Crippen molar-refractivity contribution in [1.29, 1.82) is 0 Å². The molecule has 1 aromatic heterocycles. The highest BCUT2D eigenvalue weighted by Crippen LogP contribution is 2.37. The third kappa shape index (κ3) is 2.55. The lowest BCUT2D eigenvalue weighted by atomic mass is 9.84. The predicted octanol–water partition coefficient (Wildman–Crippen LogP) is 5.10. The van der Waals surface area contributed by atoms with Crippen LogP contribution in [0, 0.1) is 0 Å². The number of aryl methyl sites for hydroxylation is 1. The van der Waals surface area contributed by atoms with E-state index in [-0.39, 0.29) is 0 Å². The molecule has 0 spiro atoms. The van der Waals surface area contributed by atoms with E-state index in [9.17, 15) is 5.11 Å². The summed E-state index contributed by atoms with van der Waals surface area (Å²) >= 11 is 0. The highest BCUT2D eigenvalue weighted by molar-refractivity contribution is 5.87. The third-order valence-electron chi connectivity index (χ3n) is 5.02. The average molecular weight is 327 g/mol. The van der Waals surface area contributed by atoms with Crippen LogP contribution in [0.25, 0.3) is 22.2 Å². The van der Waals surface area contributed by atoms with Crippen molar-refractivity contribution in [2.24, 2.45) is 7.05 Å². The summed E-state index contributed by atoms with van der Waals surface area (Å²) in [6.07, 6.45) is 0. The van der Waals surface area contributed by atoms with E-state index in [1.54, 1.807) is 0 Å². The molecular weight excluding hydrogens is 306 g/mol. The maximum atomic E-state index is 11.4. The Morgan fingerprint density at radius 1 is 0.800 bits per heavy atom. The van der Waals surface area contributed by atoms with E-state index in [2.05, 4.69) is 48.0 Å². The molecule has 0 radical (unpaired) electrons. The van der Waals surface area contributed by atoms with Gasteiger partial charge in [0.2, 0.25) is 0 Å². The van der Waals surface area contributed by atoms with E-state index in [4.69, 9.17) is 0 Å². The van der Waals surface area contributed by atoms with Crippen LogP contribution in [-0.2, 0) is 12.6 Å². The summed E-state index contributed by atoms with van der Waals surface area (Å²) in [7, 11) is 2.08. The lowest BCUT2D eigenvalue weighted by Gasteiger charge is -2.27. The summed E-state index contributed by atoms with van der Waals surface area (Å²) in [6.45, 7) is 1.86. The second-order valence-corrected chi connectivity index (χ2v) is 6.63. The fourth-order valence-electron chi connectivity index (χ4n) is 3.60. The number of fused-ring (bicyclic) bond motifs is 1. The molecule has 2 heteroatoms. The Labute approximate surface area is 148 Å². The minimum Gasteiger partial charge on any atom is -0.381 e. The minimum atomic E-state index is -1.06. The van der Waals surface area contributed by atoms with E-state index in [1.807, 2.05) is 55.5 Å². The molecule has 0 aliphatic rings. The van der Waals surface area contributed by atoms with Crippen LogP contribution < -0.4 is 0 Å². The minimum absolute atomic E-state index is 0.890. The van der Waals surface area contributed by atoms with Crippen molar-refractivity contribution in [1.82, 2.24) is 4.57 Å². The van der Waals surface area contributed by atoms with Crippen molar-refractivity contribution in [3.05, 3.63) is 96.1 Å². The van der Waals surface area contributed by atoms with E-state index in [1.165, 1.54) is 10.9 Å². The molecule has 25 heavy (non-hydrogen) atoms. The Hall–Kier alpha value is -2.84. The van der Waals surface area contributed by atoms with Gasteiger partial charge in [-0.15, -0.1) is 0 Å². The number of rotatable bonds is 3. The van der Waals surface area contributed by atoms with Crippen LogP contribution in [0.2, 0.25) is 0 Å². The van der Waals surface area contributed by atoms with E-state index in [0.717, 1.165) is 22.4 Å². The number of para-hydroxylation sites is 1. The summed E-state index contributed by atoms with van der Waals surface area (Å²) in [5, 5.41) is 12.6. The Balaban J connectivity index is 1.94. The van der Waals surface area contributed by atoms with Gasteiger partial charge in [0.1, 0.15) is 5.60 Å². The average Bonchev–Trinajstić information content (AvgIpc) is 2.99. The molecule has 0 bridgehead atoms. The Morgan fingerprint density at radius 3 is 2.20 bits per heavy atom. The van der Waals surface area contributed by atoms with Crippen LogP contribution in [-0.4, -0.2) is 9.67 Å². The largest absolute Gasteiger partial charge is 0.381 e. The van der Waals surface area contributed by atoms with Gasteiger partial charge in [0.05, 0.1) is 0 Å². The second kappa shape index (κ2) is 5.91. The molecule has 0 saturated carbocycles. The van der Waals surface area contributed by atoms with Gasteiger partial charge in [0.25, 0.3) is 0 Å². The molecule has 1 N–H and O–H groups in total. The van der Waals surface area contributed by atoms with Gasteiger partial charge in [-0.3, -0.25) is 0 Å². The lowest BCUT2D eigenvalue weighted by molar-refractivity contribution is 0.103. The highest BCUT2D eigenvalue weighted by atomic mass is 16.3. The zero-order valence-corrected chi connectivity index (χ0v) is 14.5. The molecule has 1 heterocycles. The third-order valence-corrected chi connectivity index (χ3v) is 5.02. The number of hydrogen-bond acceptors (Lipinski definition) is 1. The fraction of sp³-hybridized carbons (Fsp3) is 0.130. The first kappa shape index (κ1) is 15.7.